The SMILES string of the molecule is OC1CCC2N=C(c3ccc(C(F)(F)F)cc3)OC2C1. The molecule has 1 aliphatic heterocycles. The molecular formula is C14H14F3NO2. The van der Waals surface area contributed by atoms with Crippen LogP contribution in [0.5, 0.6) is 0 Å². The monoisotopic (exact) mass is 285 g/mol. The highest BCUT2D eigenvalue weighted by Crippen LogP contribution is 2.32. The molecule has 0 bridgehead atoms. The van der Waals surface area contributed by atoms with Crippen LogP contribution < -0.4 is 0 Å². The number of hydrogen-bond acceptors (Lipinski definition) is 3. The largest absolute Gasteiger partial charge is 0.472 e. The van der Waals surface area contributed by atoms with Gasteiger partial charge in [-0.2, -0.15) is 13.2 Å². The van der Waals surface area contributed by atoms with E-state index >= 15 is 0 Å². The molecule has 6 heteroatoms. The third-order valence-corrected chi connectivity index (χ3v) is 3.73. The second kappa shape index (κ2) is 4.77. The Morgan fingerprint density at radius 3 is 2.50 bits per heavy atom. The Morgan fingerprint density at radius 2 is 1.85 bits per heavy atom. The Morgan fingerprint density at radius 1 is 1.15 bits per heavy atom. The van der Waals surface area contributed by atoms with Gasteiger partial charge in [0, 0.05) is 12.0 Å². The molecule has 0 radical (unpaired) electrons. The molecule has 1 N–H and O–H groups in total. The number of benzene rings is 1. The Balaban J connectivity index is 1.77. The standard InChI is InChI=1S/C14H14F3NO2/c15-14(16,17)9-3-1-8(2-4-9)13-18-11-6-5-10(19)7-12(11)20-13/h1-4,10-12,19H,5-7H2. The van der Waals surface area contributed by atoms with Crippen molar-refractivity contribution in [3.63, 3.8) is 0 Å². The third-order valence-electron chi connectivity index (χ3n) is 3.73. The summed E-state index contributed by atoms with van der Waals surface area (Å²) in [6.45, 7) is 0. The zero-order valence-corrected chi connectivity index (χ0v) is 10.6. The van der Waals surface area contributed by atoms with Gasteiger partial charge in [-0.15, -0.1) is 0 Å². The van der Waals surface area contributed by atoms with E-state index in [1.54, 1.807) is 0 Å². The van der Waals surface area contributed by atoms with E-state index in [0.29, 0.717) is 24.3 Å². The van der Waals surface area contributed by atoms with Crippen molar-refractivity contribution < 1.29 is 23.0 Å². The molecule has 1 heterocycles. The van der Waals surface area contributed by atoms with Crippen LogP contribution in [0.4, 0.5) is 13.2 Å². The molecule has 0 spiro atoms. The molecule has 3 atom stereocenters. The number of halogens is 3. The Labute approximate surface area is 114 Å². The second-order valence-corrected chi connectivity index (χ2v) is 5.20. The highest BCUT2D eigenvalue weighted by atomic mass is 19.4. The van der Waals surface area contributed by atoms with Crippen LogP contribution in [0.1, 0.15) is 30.4 Å². The van der Waals surface area contributed by atoms with Crippen molar-refractivity contribution in [2.75, 3.05) is 0 Å². The topological polar surface area (TPSA) is 41.8 Å². The van der Waals surface area contributed by atoms with Gasteiger partial charge in [0.2, 0.25) is 5.90 Å². The van der Waals surface area contributed by atoms with E-state index in [9.17, 15) is 18.3 Å². The minimum Gasteiger partial charge on any atom is -0.472 e. The Hall–Kier alpha value is -1.56. The summed E-state index contributed by atoms with van der Waals surface area (Å²) in [6, 6.07) is 4.80. The van der Waals surface area contributed by atoms with Crippen molar-refractivity contribution >= 4 is 5.90 Å². The number of nitrogens with zero attached hydrogens (tertiary/aromatic N) is 1. The summed E-state index contributed by atoms with van der Waals surface area (Å²) in [7, 11) is 0. The van der Waals surface area contributed by atoms with Crippen molar-refractivity contribution in [3.05, 3.63) is 35.4 Å². The summed E-state index contributed by atoms with van der Waals surface area (Å²) >= 11 is 0. The molecule has 20 heavy (non-hydrogen) atoms. The maximum Gasteiger partial charge on any atom is 0.416 e. The fourth-order valence-electron chi connectivity index (χ4n) is 2.64. The van der Waals surface area contributed by atoms with Crippen LogP contribution in [0.3, 0.4) is 0 Å². The highest BCUT2D eigenvalue weighted by Gasteiger charge is 2.37. The molecule has 3 unspecified atom stereocenters. The van der Waals surface area contributed by atoms with Gasteiger partial charge in [-0.25, -0.2) is 4.99 Å². The lowest BCUT2D eigenvalue weighted by molar-refractivity contribution is -0.137. The first kappa shape index (κ1) is 13.4. The van der Waals surface area contributed by atoms with Gasteiger partial charge < -0.3 is 9.84 Å². The predicted molar refractivity (Wildman–Crippen MR) is 66.5 cm³/mol. The molecule has 3 nitrogen and oxygen atoms in total. The summed E-state index contributed by atoms with van der Waals surface area (Å²) in [5, 5.41) is 9.58. The van der Waals surface area contributed by atoms with Gasteiger partial charge in [-0.1, -0.05) is 0 Å². The van der Waals surface area contributed by atoms with Crippen molar-refractivity contribution in [3.8, 4) is 0 Å². The van der Waals surface area contributed by atoms with Gasteiger partial charge in [-0.3, -0.25) is 0 Å². The quantitative estimate of drug-likeness (QED) is 0.862. The maximum absolute atomic E-state index is 12.5. The van der Waals surface area contributed by atoms with E-state index in [1.165, 1.54) is 12.1 Å². The van der Waals surface area contributed by atoms with Crippen LogP contribution in [-0.4, -0.2) is 29.3 Å². The van der Waals surface area contributed by atoms with Crippen LogP contribution in [0.25, 0.3) is 0 Å². The normalized spacial score (nSPS) is 29.6. The molecule has 2 aliphatic rings. The Bertz CT molecular complexity index is 524. The molecule has 1 aromatic rings. The summed E-state index contributed by atoms with van der Waals surface area (Å²) in [4.78, 5) is 4.41. The number of fused-ring (bicyclic) bond motifs is 1. The average Bonchev–Trinajstić information content (AvgIpc) is 2.80. The second-order valence-electron chi connectivity index (χ2n) is 5.20. The van der Waals surface area contributed by atoms with E-state index in [0.717, 1.165) is 18.6 Å². The molecule has 0 amide bonds. The minimum atomic E-state index is -4.34. The number of aliphatic hydroxyl groups excluding tert-OH is 1. The van der Waals surface area contributed by atoms with Gasteiger partial charge in [0.1, 0.15) is 6.10 Å². The predicted octanol–water partition coefficient (Wildman–Crippen LogP) is 2.76. The van der Waals surface area contributed by atoms with Crippen LogP contribution >= 0.6 is 0 Å². The summed E-state index contributed by atoms with van der Waals surface area (Å²) in [5.41, 5.74) is -0.144. The zero-order chi connectivity index (χ0) is 14.3. The molecule has 1 aliphatic carbocycles. The molecule has 108 valence electrons. The first-order valence-electron chi connectivity index (χ1n) is 6.53. The molecule has 0 saturated heterocycles. The molecular weight excluding hydrogens is 271 g/mol. The van der Waals surface area contributed by atoms with E-state index < -0.39 is 11.7 Å². The third kappa shape index (κ3) is 2.52. The molecule has 1 aromatic carbocycles. The number of aliphatic imine (C=N–C) groups is 1. The lowest BCUT2D eigenvalue weighted by Gasteiger charge is -2.26. The fraction of sp³-hybridized carbons (Fsp3) is 0.500. The van der Waals surface area contributed by atoms with Gasteiger partial charge >= 0.3 is 6.18 Å². The van der Waals surface area contributed by atoms with Crippen LogP contribution in [-0.2, 0) is 10.9 Å². The summed E-state index contributed by atoms with van der Waals surface area (Å²) in [5.74, 6) is 0.378. The van der Waals surface area contributed by atoms with Crippen molar-refractivity contribution in [1.29, 1.82) is 0 Å². The van der Waals surface area contributed by atoms with Gasteiger partial charge in [-0.05, 0) is 37.1 Å². The lowest BCUT2D eigenvalue weighted by atomic mass is 9.91. The van der Waals surface area contributed by atoms with Gasteiger partial charge in [0.25, 0.3) is 0 Å². The van der Waals surface area contributed by atoms with Crippen LogP contribution in [0.2, 0.25) is 0 Å². The average molecular weight is 285 g/mol. The number of hydrogen-bond donors (Lipinski definition) is 1. The van der Waals surface area contributed by atoms with Crippen molar-refractivity contribution in [2.24, 2.45) is 4.99 Å². The van der Waals surface area contributed by atoms with E-state index in [4.69, 9.17) is 4.74 Å². The maximum atomic E-state index is 12.5. The number of ether oxygens (including phenoxy) is 1. The van der Waals surface area contributed by atoms with Gasteiger partial charge in [0.15, 0.2) is 0 Å². The molecule has 1 fully saturated rings. The summed E-state index contributed by atoms with van der Waals surface area (Å²) in [6.07, 6.45) is -2.91. The summed E-state index contributed by atoms with van der Waals surface area (Å²) < 4.78 is 43.1. The molecule has 1 saturated carbocycles. The highest BCUT2D eigenvalue weighted by molar-refractivity contribution is 5.95. The van der Waals surface area contributed by atoms with Crippen LogP contribution in [0, 0.1) is 0 Å². The fourth-order valence-corrected chi connectivity index (χ4v) is 2.64. The van der Waals surface area contributed by atoms with Gasteiger partial charge in [0.05, 0.1) is 17.7 Å². The van der Waals surface area contributed by atoms with Crippen LogP contribution in [0.15, 0.2) is 29.3 Å². The minimum absolute atomic E-state index is 0.00990. The van der Waals surface area contributed by atoms with E-state index in [2.05, 4.69) is 4.99 Å². The molecule has 3 rings (SSSR count). The lowest BCUT2D eigenvalue weighted by Crippen LogP contribution is -2.33. The van der Waals surface area contributed by atoms with Crippen molar-refractivity contribution in [1.82, 2.24) is 0 Å². The molecule has 0 aromatic heterocycles. The first-order chi connectivity index (χ1) is 9.43. The van der Waals surface area contributed by atoms with E-state index in [1.807, 2.05) is 0 Å². The number of aliphatic hydroxyl groups is 1. The number of rotatable bonds is 1. The first-order valence-corrected chi connectivity index (χ1v) is 6.53. The number of alkyl halides is 3. The van der Waals surface area contributed by atoms with E-state index in [-0.39, 0.29) is 18.2 Å². The Kier molecular flexibility index (Phi) is 3.20. The van der Waals surface area contributed by atoms with Crippen molar-refractivity contribution in [2.45, 2.75) is 43.7 Å². The smallest absolute Gasteiger partial charge is 0.416 e. The zero-order valence-electron chi connectivity index (χ0n) is 10.6.